The van der Waals surface area contributed by atoms with Gasteiger partial charge in [-0.15, -0.1) is 0 Å². The van der Waals surface area contributed by atoms with Crippen molar-refractivity contribution in [3.05, 3.63) is 130 Å². The van der Waals surface area contributed by atoms with Crippen LogP contribution >= 0.6 is 0 Å². The zero-order valence-corrected chi connectivity index (χ0v) is 26.7. The van der Waals surface area contributed by atoms with Crippen LogP contribution in [0.5, 0.6) is 0 Å². The third-order valence-corrected chi connectivity index (χ3v) is 9.66. The third kappa shape index (κ3) is 7.09. The Hall–Kier alpha value is -4.14. The van der Waals surface area contributed by atoms with Crippen molar-refractivity contribution in [3.63, 3.8) is 0 Å². The number of aliphatic hydroxyl groups excluding tert-OH is 1. The Morgan fingerprint density at radius 1 is 0.660 bits per heavy atom. The van der Waals surface area contributed by atoms with Gasteiger partial charge in [-0.05, 0) is 78.0 Å². The molecule has 3 atom stereocenters. The SMILES string of the molecule is O=C1c2ccccc2C(=O)N1Cc1cccc(-c2cccc([C@@H]3O[C@H](CN4CCCCCCC4)C[C@H](c4ccc(CO)cc4)O3)c2)c1. The molecule has 0 bridgehead atoms. The van der Waals surface area contributed by atoms with E-state index < -0.39 is 6.29 Å². The molecule has 0 radical (unpaired) electrons. The lowest BCUT2D eigenvalue weighted by Gasteiger charge is -2.39. The third-order valence-electron chi connectivity index (χ3n) is 9.66. The van der Waals surface area contributed by atoms with E-state index >= 15 is 0 Å². The summed E-state index contributed by atoms with van der Waals surface area (Å²) < 4.78 is 13.4. The normalized spacial score (nSPS) is 22.1. The second-order valence-electron chi connectivity index (χ2n) is 13.0. The van der Waals surface area contributed by atoms with E-state index in [1.807, 2.05) is 42.5 Å². The van der Waals surface area contributed by atoms with Gasteiger partial charge in [0.15, 0.2) is 6.29 Å². The van der Waals surface area contributed by atoms with Gasteiger partial charge in [0.05, 0.1) is 36.5 Å². The van der Waals surface area contributed by atoms with Gasteiger partial charge in [0.1, 0.15) is 0 Å². The molecule has 4 aromatic rings. The molecule has 0 unspecified atom stereocenters. The van der Waals surface area contributed by atoms with Gasteiger partial charge in [-0.1, -0.05) is 92.1 Å². The summed E-state index contributed by atoms with van der Waals surface area (Å²) >= 11 is 0. The Morgan fingerprint density at radius 2 is 1.32 bits per heavy atom. The lowest BCUT2D eigenvalue weighted by molar-refractivity contribution is -0.253. The number of fused-ring (bicyclic) bond motifs is 1. The molecular formula is C40H42N2O5. The van der Waals surface area contributed by atoms with E-state index in [0.717, 1.165) is 59.4 Å². The number of imide groups is 1. The first-order chi connectivity index (χ1) is 23.1. The quantitative estimate of drug-likeness (QED) is 0.204. The summed E-state index contributed by atoms with van der Waals surface area (Å²) in [6.45, 7) is 3.32. The van der Waals surface area contributed by atoms with E-state index in [-0.39, 0.29) is 37.2 Å². The number of amides is 2. The van der Waals surface area contributed by atoms with Crippen LogP contribution in [0.4, 0.5) is 0 Å². The fourth-order valence-corrected chi connectivity index (χ4v) is 7.10. The maximum absolute atomic E-state index is 13.0. The Morgan fingerprint density at radius 3 is 2.02 bits per heavy atom. The molecule has 7 heteroatoms. The van der Waals surface area contributed by atoms with Gasteiger partial charge < -0.3 is 19.5 Å². The Kier molecular flexibility index (Phi) is 9.58. The first-order valence-corrected chi connectivity index (χ1v) is 16.9. The smallest absolute Gasteiger partial charge is 0.261 e. The van der Waals surface area contributed by atoms with E-state index in [4.69, 9.17) is 9.47 Å². The molecule has 0 aromatic heterocycles. The molecule has 7 nitrogen and oxygen atoms in total. The van der Waals surface area contributed by atoms with Crippen molar-refractivity contribution in [1.82, 2.24) is 9.80 Å². The van der Waals surface area contributed by atoms with Crippen molar-refractivity contribution in [3.8, 4) is 11.1 Å². The number of ether oxygens (including phenoxy) is 2. The lowest BCUT2D eigenvalue weighted by atomic mass is 9.98. The number of likely N-dealkylation sites (tertiary alicyclic amines) is 1. The highest BCUT2D eigenvalue weighted by Gasteiger charge is 2.35. The molecular weight excluding hydrogens is 588 g/mol. The van der Waals surface area contributed by atoms with Crippen LogP contribution in [0.2, 0.25) is 0 Å². The average molecular weight is 631 g/mol. The molecule has 3 aliphatic rings. The van der Waals surface area contributed by atoms with Gasteiger partial charge in [0.25, 0.3) is 11.8 Å². The molecule has 242 valence electrons. The number of carbonyl (C=O) groups excluding carboxylic acids is 2. The molecule has 1 N–H and O–H groups in total. The minimum atomic E-state index is -0.535. The van der Waals surface area contributed by atoms with Crippen molar-refractivity contribution in [2.75, 3.05) is 19.6 Å². The summed E-state index contributed by atoms with van der Waals surface area (Å²) in [5.74, 6) is -0.508. The molecule has 0 spiro atoms. The highest BCUT2D eigenvalue weighted by atomic mass is 16.7. The zero-order valence-electron chi connectivity index (χ0n) is 26.7. The number of hydrogen-bond acceptors (Lipinski definition) is 6. The molecule has 2 saturated heterocycles. The predicted molar refractivity (Wildman–Crippen MR) is 180 cm³/mol. The number of hydrogen-bond donors (Lipinski definition) is 1. The van der Waals surface area contributed by atoms with Crippen LogP contribution in [0.25, 0.3) is 11.1 Å². The van der Waals surface area contributed by atoms with Gasteiger partial charge in [-0.2, -0.15) is 0 Å². The number of rotatable bonds is 8. The van der Waals surface area contributed by atoms with Gasteiger partial charge >= 0.3 is 0 Å². The first kappa shape index (κ1) is 31.5. The predicted octanol–water partition coefficient (Wildman–Crippen LogP) is 7.45. The van der Waals surface area contributed by atoms with Gasteiger partial charge in [-0.25, -0.2) is 0 Å². The standard InChI is InChI=1S/C40H42N2O5/c43-27-28-16-18-30(19-17-28)37-24-34(26-41-20-6-2-1-3-7-21-41)46-40(47-37)33-13-9-12-32(23-33)31-11-8-10-29(22-31)25-42-38(44)35-14-4-5-15-36(35)39(42)45/h4-5,8-19,22-23,34,37,40,43H,1-3,6-7,20-21,24-27H2/t34-,37+,40+/m0/s1. The molecule has 3 heterocycles. The maximum atomic E-state index is 13.0. The second kappa shape index (κ2) is 14.3. The van der Waals surface area contributed by atoms with Crippen LogP contribution in [0.3, 0.4) is 0 Å². The van der Waals surface area contributed by atoms with E-state index in [2.05, 4.69) is 35.2 Å². The highest BCUT2D eigenvalue weighted by Crippen LogP contribution is 2.39. The molecule has 2 amide bonds. The Bertz CT molecular complexity index is 1680. The van der Waals surface area contributed by atoms with Gasteiger partial charge in [0.2, 0.25) is 0 Å². The van der Waals surface area contributed by atoms with Crippen molar-refractivity contribution >= 4 is 11.8 Å². The summed E-state index contributed by atoms with van der Waals surface area (Å²) in [4.78, 5) is 29.9. The summed E-state index contributed by atoms with van der Waals surface area (Å²) in [5.41, 5.74) is 6.72. The minimum absolute atomic E-state index is 0.0153. The van der Waals surface area contributed by atoms with Crippen LogP contribution in [-0.2, 0) is 22.6 Å². The second-order valence-corrected chi connectivity index (χ2v) is 13.0. The number of carbonyl (C=O) groups is 2. The monoisotopic (exact) mass is 630 g/mol. The fraction of sp³-hybridized carbons (Fsp3) is 0.350. The summed E-state index contributed by atoms with van der Waals surface area (Å²) in [5, 5.41) is 9.58. The van der Waals surface area contributed by atoms with E-state index in [1.54, 1.807) is 24.3 Å². The van der Waals surface area contributed by atoms with Crippen molar-refractivity contribution in [1.29, 1.82) is 0 Å². The maximum Gasteiger partial charge on any atom is 0.261 e. The summed E-state index contributed by atoms with van der Waals surface area (Å²) in [6, 6.07) is 31.3. The van der Waals surface area contributed by atoms with Gasteiger partial charge in [0, 0.05) is 18.5 Å². The molecule has 47 heavy (non-hydrogen) atoms. The van der Waals surface area contributed by atoms with Crippen molar-refractivity contribution in [2.45, 2.75) is 70.2 Å². The summed E-state index contributed by atoms with van der Waals surface area (Å²) in [7, 11) is 0. The molecule has 0 saturated carbocycles. The Balaban J connectivity index is 1.11. The average Bonchev–Trinajstić information content (AvgIpc) is 3.34. The summed E-state index contributed by atoms with van der Waals surface area (Å²) in [6.07, 6.45) is 6.49. The van der Waals surface area contributed by atoms with E-state index in [9.17, 15) is 14.7 Å². The molecule has 4 aromatic carbocycles. The largest absolute Gasteiger partial charge is 0.392 e. The number of benzene rings is 4. The first-order valence-electron chi connectivity index (χ1n) is 16.9. The molecule has 0 aliphatic carbocycles. The fourth-order valence-electron chi connectivity index (χ4n) is 7.10. The van der Waals surface area contributed by atoms with Crippen molar-refractivity contribution in [2.24, 2.45) is 0 Å². The highest BCUT2D eigenvalue weighted by molar-refractivity contribution is 6.21. The van der Waals surface area contributed by atoms with Crippen molar-refractivity contribution < 1.29 is 24.2 Å². The number of aliphatic hydroxyl groups is 1. The van der Waals surface area contributed by atoms with Crippen LogP contribution in [0.1, 0.15) is 93.9 Å². The van der Waals surface area contributed by atoms with E-state index in [0.29, 0.717) is 11.1 Å². The lowest BCUT2D eigenvalue weighted by Crippen LogP contribution is -2.40. The van der Waals surface area contributed by atoms with Crippen LogP contribution in [0, 0.1) is 0 Å². The Labute approximate surface area is 276 Å². The zero-order chi connectivity index (χ0) is 32.2. The molecule has 2 fully saturated rings. The van der Waals surface area contributed by atoms with E-state index in [1.165, 1.54) is 37.0 Å². The van der Waals surface area contributed by atoms with Crippen LogP contribution < -0.4 is 0 Å². The molecule has 3 aliphatic heterocycles. The van der Waals surface area contributed by atoms with Crippen LogP contribution in [0.15, 0.2) is 97.1 Å². The van der Waals surface area contributed by atoms with Gasteiger partial charge in [-0.3, -0.25) is 14.5 Å². The minimum Gasteiger partial charge on any atom is -0.392 e. The topological polar surface area (TPSA) is 79.3 Å². The van der Waals surface area contributed by atoms with Crippen LogP contribution in [-0.4, -0.2) is 52.5 Å². The number of nitrogens with zero attached hydrogens (tertiary/aromatic N) is 2. The molecule has 7 rings (SSSR count).